The lowest BCUT2D eigenvalue weighted by molar-refractivity contribution is -0.0496. The van der Waals surface area contributed by atoms with Gasteiger partial charge in [0, 0.05) is 45.5 Å². The Bertz CT molecular complexity index is 755. The maximum Gasteiger partial charge on any atom is 0.511 e. The van der Waals surface area contributed by atoms with Crippen molar-refractivity contribution in [2.75, 3.05) is 45.1 Å². The van der Waals surface area contributed by atoms with Gasteiger partial charge in [-0.05, 0) is 37.3 Å². The number of guanidine groups is 1. The van der Waals surface area contributed by atoms with Crippen LogP contribution in [0.25, 0.3) is 0 Å². The third-order valence-corrected chi connectivity index (χ3v) is 6.37. The number of anilines is 1. The minimum absolute atomic E-state index is 0. The van der Waals surface area contributed by atoms with Gasteiger partial charge in [-0.1, -0.05) is 18.2 Å². The smallest absolute Gasteiger partial charge is 0.385 e. The van der Waals surface area contributed by atoms with Gasteiger partial charge < -0.3 is 16.0 Å². The summed E-state index contributed by atoms with van der Waals surface area (Å²) in [6.07, 6.45) is 1.63. The molecule has 0 atom stereocenters. The second-order valence-electron chi connectivity index (χ2n) is 6.82. The molecule has 1 aliphatic heterocycles. The number of nitrogens with zero attached hydrogens (tertiary/aromatic N) is 2. The van der Waals surface area contributed by atoms with Crippen LogP contribution in [0.1, 0.15) is 19.3 Å². The van der Waals surface area contributed by atoms with Crippen LogP contribution in [0.15, 0.2) is 35.3 Å². The standard InChI is InChI=1S/C18H28F3N5O2S.HI/c1-22-17(24-11-5-10-23-16-6-3-2-4-7-16)25-14-15-8-12-26(13-9-15)29(27,28)18(19,20)21;/h2-4,6-7,15,23H,5,8-14H2,1H3,(H2,22,24,25);1H. The van der Waals surface area contributed by atoms with Crippen LogP contribution in [0.3, 0.4) is 0 Å². The fraction of sp³-hybridized carbons (Fsp3) is 0.611. The summed E-state index contributed by atoms with van der Waals surface area (Å²) in [7, 11) is -3.58. The van der Waals surface area contributed by atoms with E-state index in [1.807, 2.05) is 30.3 Å². The first-order valence-electron chi connectivity index (χ1n) is 9.54. The highest BCUT2D eigenvalue weighted by Gasteiger charge is 2.50. The molecule has 0 aliphatic carbocycles. The number of hydrogen-bond acceptors (Lipinski definition) is 4. The Morgan fingerprint density at radius 3 is 2.33 bits per heavy atom. The maximum atomic E-state index is 12.6. The molecule has 1 aromatic rings. The molecule has 0 amide bonds. The van der Waals surface area contributed by atoms with E-state index in [0.29, 0.717) is 36.2 Å². The molecule has 1 saturated heterocycles. The number of hydrogen-bond donors (Lipinski definition) is 3. The number of para-hydroxylation sites is 1. The molecule has 0 aromatic heterocycles. The van der Waals surface area contributed by atoms with Crippen molar-refractivity contribution in [3.63, 3.8) is 0 Å². The molecule has 12 heteroatoms. The molecule has 0 bridgehead atoms. The highest BCUT2D eigenvalue weighted by atomic mass is 127. The molecule has 1 fully saturated rings. The van der Waals surface area contributed by atoms with Crippen LogP contribution in [0, 0.1) is 5.92 Å². The molecular formula is C18H29F3IN5O2S. The fourth-order valence-corrected chi connectivity index (χ4v) is 4.03. The Hall–Kier alpha value is -1.28. The molecule has 3 N–H and O–H groups in total. The Kier molecular flexibility index (Phi) is 11.2. The van der Waals surface area contributed by atoms with E-state index in [4.69, 9.17) is 0 Å². The van der Waals surface area contributed by atoms with Crippen LogP contribution >= 0.6 is 24.0 Å². The van der Waals surface area contributed by atoms with Gasteiger partial charge in [0.1, 0.15) is 0 Å². The van der Waals surface area contributed by atoms with Crippen molar-refractivity contribution in [2.45, 2.75) is 24.8 Å². The van der Waals surface area contributed by atoms with Gasteiger partial charge in [0.25, 0.3) is 0 Å². The largest absolute Gasteiger partial charge is 0.511 e. The zero-order valence-electron chi connectivity index (χ0n) is 16.8. The summed E-state index contributed by atoms with van der Waals surface area (Å²) in [5.41, 5.74) is -4.17. The summed E-state index contributed by atoms with van der Waals surface area (Å²) in [6.45, 7) is 1.81. The number of aliphatic imine (C=N–C) groups is 1. The number of halogens is 4. The summed E-state index contributed by atoms with van der Waals surface area (Å²) >= 11 is 0. The molecular weight excluding hydrogens is 534 g/mol. The topological polar surface area (TPSA) is 85.8 Å². The van der Waals surface area contributed by atoms with Crippen LogP contribution in [-0.2, 0) is 10.0 Å². The Labute approximate surface area is 193 Å². The molecule has 0 radical (unpaired) electrons. The van der Waals surface area contributed by atoms with Crippen molar-refractivity contribution in [1.29, 1.82) is 0 Å². The van der Waals surface area contributed by atoms with Crippen LogP contribution in [0.4, 0.5) is 18.9 Å². The minimum atomic E-state index is -5.24. The van der Waals surface area contributed by atoms with E-state index >= 15 is 0 Å². The number of alkyl halides is 3. The van der Waals surface area contributed by atoms with Crippen LogP contribution in [0.2, 0.25) is 0 Å². The summed E-state index contributed by atoms with van der Waals surface area (Å²) in [6, 6.07) is 9.89. The number of benzene rings is 1. The molecule has 0 unspecified atom stereocenters. The molecule has 30 heavy (non-hydrogen) atoms. The van der Waals surface area contributed by atoms with E-state index in [1.165, 1.54) is 0 Å². The predicted octanol–water partition coefficient (Wildman–Crippen LogP) is 2.83. The predicted molar refractivity (Wildman–Crippen MR) is 124 cm³/mol. The van der Waals surface area contributed by atoms with Gasteiger partial charge >= 0.3 is 15.5 Å². The Morgan fingerprint density at radius 1 is 1.13 bits per heavy atom. The van der Waals surface area contributed by atoms with Gasteiger partial charge in [0.2, 0.25) is 0 Å². The summed E-state index contributed by atoms with van der Waals surface area (Å²) in [5.74, 6) is 0.711. The quantitative estimate of drug-likeness (QED) is 0.196. The normalized spacial score (nSPS) is 16.6. The summed E-state index contributed by atoms with van der Waals surface area (Å²) in [4.78, 5) is 4.13. The lowest BCUT2D eigenvalue weighted by Gasteiger charge is -2.31. The lowest BCUT2D eigenvalue weighted by atomic mass is 9.98. The minimum Gasteiger partial charge on any atom is -0.385 e. The monoisotopic (exact) mass is 563 g/mol. The van der Waals surface area contributed by atoms with Crippen molar-refractivity contribution in [2.24, 2.45) is 10.9 Å². The van der Waals surface area contributed by atoms with Crippen molar-refractivity contribution >= 4 is 45.6 Å². The molecule has 0 spiro atoms. The van der Waals surface area contributed by atoms with E-state index in [1.54, 1.807) is 7.05 Å². The molecule has 1 aromatic carbocycles. The van der Waals surface area contributed by atoms with Crippen LogP contribution < -0.4 is 16.0 Å². The maximum absolute atomic E-state index is 12.6. The van der Waals surface area contributed by atoms with E-state index in [2.05, 4.69) is 20.9 Å². The highest BCUT2D eigenvalue weighted by molar-refractivity contribution is 14.0. The number of sulfonamides is 1. The average molecular weight is 563 g/mol. The van der Waals surface area contributed by atoms with Crippen LogP contribution in [0.5, 0.6) is 0 Å². The van der Waals surface area contributed by atoms with E-state index in [-0.39, 0.29) is 43.0 Å². The fourth-order valence-electron chi connectivity index (χ4n) is 3.05. The van der Waals surface area contributed by atoms with Crippen molar-refractivity contribution < 1.29 is 21.6 Å². The van der Waals surface area contributed by atoms with Gasteiger partial charge in [-0.2, -0.15) is 17.5 Å². The zero-order chi connectivity index (χ0) is 21.3. The number of piperidine rings is 1. The zero-order valence-corrected chi connectivity index (χ0v) is 19.9. The summed E-state index contributed by atoms with van der Waals surface area (Å²) < 4.78 is 61.2. The third kappa shape index (κ3) is 8.10. The molecule has 1 aliphatic rings. The van der Waals surface area contributed by atoms with Crippen molar-refractivity contribution in [1.82, 2.24) is 14.9 Å². The van der Waals surface area contributed by atoms with Crippen LogP contribution in [-0.4, -0.2) is 64.0 Å². The Morgan fingerprint density at radius 2 is 1.77 bits per heavy atom. The SMILES string of the molecule is CN=C(NCCCNc1ccccc1)NCC1CCN(S(=O)(=O)C(F)(F)F)CC1.I. The first-order valence-corrected chi connectivity index (χ1v) is 11.0. The van der Waals surface area contributed by atoms with Gasteiger partial charge in [-0.15, -0.1) is 24.0 Å². The molecule has 2 rings (SSSR count). The second-order valence-corrected chi connectivity index (χ2v) is 8.75. The second kappa shape index (κ2) is 12.5. The molecule has 1 heterocycles. The molecule has 7 nitrogen and oxygen atoms in total. The Balaban J connectivity index is 0.00000450. The van der Waals surface area contributed by atoms with E-state index < -0.39 is 15.5 Å². The number of rotatable bonds is 8. The van der Waals surface area contributed by atoms with Gasteiger partial charge in [-0.3, -0.25) is 4.99 Å². The highest BCUT2D eigenvalue weighted by Crippen LogP contribution is 2.30. The first-order chi connectivity index (χ1) is 13.7. The van der Waals surface area contributed by atoms with E-state index in [0.717, 1.165) is 18.7 Å². The first kappa shape index (κ1) is 26.8. The molecule has 0 saturated carbocycles. The van der Waals surface area contributed by atoms with Crippen molar-refractivity contribution in [3.05, 3.63) is 30.3 Å². The van der Waals surface area contributed by atoms with Gasteiger partial charge in [0.05, 0.1) is 0 Å². The molecule has 172 valence electrons. The third-order valence-electron chi connectivity index (χ3n) is 4.74. The van der Waals surface area contributed by atoms with Gasteiger partial charge in [0.15, 0.2) is 5.96 Å². The number of nitrogens with one attached hydrogen (secondary N) is 3. The lowest BCUT2D eigenvalue weighted by Crippen LogP contribution is -2.47. The average Bonchev–Trinajstić information content (AvgIpc) is 2.70. The summed E-state index contributed by atoms with van der Waals surface area (Å²) in [5, 5.41) is 9.66. The van der Waals surface area contributed by atoms with E-state index in [9.17, 15) is 21.6 Å². The van der Waals surface area contributed by atoms with Gasteiger partial charge in [-0.25, -0.2) is 8.42 Å². The van der Waals surface area contributed by atoms with Crippen molar-refractivity contribution in [3.8, 4) is 0 Å².